The normalized spacial score (nSPS) is 15.1. The maximum Gasteiger partial charge on any atom is 0.329 e. The second-order valence-electron chi connectivity index (χ2n) is 5.92. The Balaban J connectivity index is 1.72. The minimum Gasteiger partial charge on any atom is -0.488 e. The van der Waals surface area contributed by atoms with Gasteiger partial charge in [-0.15, -0.1) is 6.58 Å². The van der Waals surface area contributed by atoms with Gasteiger partial charge in [0.25, 0.3) is 5.91 Å². The molecule has 1 aliphatic heterocycles. The Hall–Kier alpha value is -2.03. The molecule has 0 atom stereocenters. The van der Waals surface area contributed by atoms with Gasteiger partial charge in [-0.2, -0.15) is 0 Å². The van der Waals surface area contributed by atoms with Crippen LogP contribution in [0.15, 0.2) is 54.8 Å². The van der Waals surface area contributed by atoms with Crippen molar-refractivity contribution < 1.29 is 14.3 Å². The number of nitrogens with one attached hydrogen (secondary N) is 1. The molecule has 2 aromatic carbocycles. The number of urea groups is 1. The molecule has 1 N–H and O–H groups in total. The summed E-state index contributed by atoms with van der Waals surface area (Å²) in [6.45, 7) is 4.06. The van der Waals surface area contributed by atoms with Crippen molar-refractivity contribution in [3.8, 4) is 5.75 Å². The predicted molar refractivity (Wildman–Crippen MR) is 118 cm³/mol. The Morgan fingerprint density at radius 3 is 2.61 bits per heavy atom. The monoisotopic (exact) mass is 528 g/mol. The lowest BCUT2D eigenvalue weighted by Gasteiger charge is -2.10. The van der Waals surface area contributed by atoms with Crippen LogP contribution >= 0.6 is 45.8 Å². The summed E-state index contributed by atoms with van der Waals surface area (Å²) in [7, 11) is 0. The van der Waals surface area contributed by atoms with Crippen LogP contribution in [0.4, 0.5) is 4.79 Å². The van der Waals surface area contributed by atoms with E-state index in [4.69, 9.17) is 27.9 Å². The zero-order chi connectivity index (χ0) is 20.3. The number of rotatable bonds is 6. The maximum atomic E-state index is 12.3. The summed E-state index contributed by atoms with van der Waals surface area (Å²) >= 11 is 14.1. The molecule has 8 heteroatoms. The summed E-state index contributed by atoms with van der Waals surface area (Å²) in [5.41, 5.74) is 1.90. The summed E-state index contributed by atoms with van der Waals surface area (Å²) in [5, 5.41) is 3.55. The van der Waals surface area contributed by atoms with Crippen molar-refractivity contribution in [2.75, 3.05) is 6.54 Å². The van der Waals surface area contributed by atoms with Crippen molar-refractivity contribution in [2.45, 2.75) is 6.61 Å². The highest BCUT2D eigenvalue weighted by Gasteiger charge is 2.32. The predicted octanol–water partition coefficient (Wildman–Crippen LogP) is 5.26. The molecular weight excluding hydrogens is 514 g/mol. The summed E-state index contributed by atoms with van der Waals surface area (Å²) in [6, 6.07) is 10.4. The molecular formula is C20H15Cl2IN2O3. The van der Waals surface area contributed by atoms with Gasteiger partial charge < -0.3 is 10.1 Å². The zero-order valence-electron chi connectivity index (χ0n) is 14.5. The van der Waals surface area contributed by atoms with Gasteiger partial charge in [-0.3, -0.25) is 9.69 Å². The lowest BCUT2D eigenvalue weighted by Crippen LogP contribution is -2.30. The molecule has 0 unspecified atom stereocenters. The number of benzene rings is 2. The Morgan fingerprint density at radius 1 is 1.14 bits per heavy atom. The standard InChI is InChI=1S/C20H15Cl2IN2O3/c1-2-7-25-19(26)17(24-20(25)27)10-12-4-6-18(16(23)9-12)28-11-13-3-5-14(21)15(22)8-13/h2-6,8-10H,1,7,11H2,(H,24,27)/b17-10+. The molecule has 0 aliphatic carbocycles. The third-order valence-corrected chi connectivity index (χ3v) is 5.50. The Morgan fingerprint density at radius 2 is 1.93 bits per heavy atom. The number of imide groups is 1. The van der Waals surface area contributed by atoms with E-state index in [0.29, 0.717) is 22.4 Å². The average Bonchev–Trinajstić information content (AvgIpc) is 2.91. The van der Waals surface area contributed by atoms with E-state index in [1.807, 2.05) is 24.3 Å². The molecule has 144 valence electrons. The van der Waals surface area contributed by atoms with Crippen molar-refractivity contribution in [1.82, 2.24) is 10.2 Å². The van der Waals surface area contributed by atoms with Gasteiger partial charge in [-0.1, -0.05) is 41.4 Å². The number of hydrogen-bond donors (Lipinski definition) is 1. The molecule has 0 aromatic heterocycles. The van der Waals surface area contributed by atoms with Gasteiger partial charge in [0.15, 0.2) is 0 Å². The van der Waals surface area contributed by atoms with Crippen molar-refractivity contribution >= 4 is 63.8 Å². The maximum absolute atomic E-state index is 12.3. The highest BCUT2D eigenvalue weighted by atomic mass is 127. The zero-order valence-corrected chi connectivity index (χ0v) is 18.2. The van der Waals surface area contributed by atoms with Crippen LogP contribution in [-0.4, -0.2) is 23.4 Å². The molecule has 28 heavy (non-hydrogen) atoms. The van der Waals surface area contributed by atoms with Gasteiger partial charge in [0.2, 0.25) is 0 Å². The van der Waals surface area contributed by atoms with Crippen LogP contribution < -0.4 is 10.1 Å². The quantitative estimate of drug-likeness (QED) is 0.241. The van der Waals surface area contributed by atoms with E-state index in [-0.39, 0.29) is 18.1 Å². The molecule has 3 amide bonds. The molecule has 0 radical (unpaired) electrons. The number of ether oxygens (including phenoxy) is 1. The second kappa shape index (κ2) is 8.98. The van der Waals surface area contributed by atoms with Crippen LogP contribution in [0, 0.1) is 3.57 Å². The molecule has 0 bridgehead atoms. The minimum atomic E-state index is -0.451. The van der Waals surface area contributed by atoms with Crippen LogP contribution in [0.5, 0.6) is 5.75 Å². The van der Waals surface area contributed by atoms with E-state index in [1.165, 1.54) is 6.08 Å². The van der Waals surface area contributed by atoms with Crippen molar-refractivity contribution in [3.63, 3.8) is 0 Å². The Kier molecular flexibility index (Phi) is 6.64. The van der Waals surface area contributed by atoms with Gasteiger partial charge in [-0.05, 0) is 64.1 Å². The van der Waals surface area contributed by atoms with Crippen molar-refractivity contribution in [1.29, 1.82) is 0 Å². The Bertz CT molecular complexity index is 991. The number of hydrogen-bond acceptors (Lipinski definition) is 3. The highest BCUT2D eigenvalue weighted by Crippen LogP contribution is 2.27. The summed E-state index contributed by atoms with van der Waals surface area (Å²) in [4.78, 5) is 25.2. The first-order valence-corrected chi connectivity index (χ1v) is 10.0. The molecule has 2 aromatic rings. The minimum absolute atomic E-state index is 0.168. The van der Waals surface area contributed by atoms with E-state index < -0.39 is 6.03 Å². The van der Waals surface area contributed by atoms with Gasteiger partial charge in [-0.25, -0.2) is 4.79 Å². The van der Waals surface area contributed by atoms with E-state index in [9.17, 15) is 9.59 Å². The summed E-state index contributed by atoms with van der Waals surface area (Å²) < 4.78 is 6.71. The summed E-state index contributed by atoms with van der Waals surface area (Å²) in [6.07, 6.45) is 3.14. The third kappa shape index (κ3) is 4.68. The van der Waals surface area contributed by atoms with Crippen LogP contribution in [0.1, 0.15) is 11.1 Å². The molecule has 1 aliphatic rings. The number of nitrogens with zero attached hydrogens (tertiary/aromatic N) is 1. The average molecular weight is 529 g/mol. The van der Waals surface area contributed by atoms with Crippen molar-refractivity contribution in [3.05, 3.63) is 79.5 Å². The van der Waals surface area contributed by atoms with Gasteiger partial charge >= 0.3 is 6.03 Å². The largest absolute Gasteiger partial charge is 0.488 e. The van der Waals surface area contributed by atoms with Crippen LogP contribution in [0.3, 0.4) is 0 Å². The molecule has 1 heterocycles. The molecule has 3 rings (SSSR count). The number of carbonyl (C=O) groups excluding carboxylic acids is 2. The topological polar surface area (TPSA) is 58.6 Å². The fourth-order valence-corrected chi connectivity index (χ4v) is 3.56. The van der Waals surface area contributed by atoms with Crippen LogP contribution in [-0.2, 0) is 11.4 Å². The van der Waals surface area contributed by atoms with E-state index >= 15 is 0 Å². The smallest absolute Gasteiger partial charge is 0.329 e. The van der Waals surface area contributed by atoms with Gasteiger partial charge in [0, 0.05) is 6.54 Å². The number of halogens is 3. The SMILES string of the molecule is C=CCN1C(=O)N/C(=C/c2ccc(OCc3ccc(Cl)c(Cl)c3)c(I)c2)C1=O. The molecule has 1 fully saturated rings. The number of amides is 3. The fraction of sp³-hybridized carbons (Fsp3) is 0.100. The number of carbonyl (C=O) groups is 2. The molecule has 1 saturated heterocycles. The highest BCUT2D eigenvalue weighted by molar-refractivity contribution is 14.1. The first-order chi connectivity index (χ1) is 13.4. The van der Waals surface area contributed by atoms with E-state index in [2.05, 4.69) is 34.5 Å². The summed E-state index contributed by atoms with van der Waals surface area (Å²) in [5.74, 6) is 0.323. The molecule has 0 spiro atoms. The Labute approximate surface area is 186 Å². The van der Waals surface area contributed by atoms with Crippen LogP contribution in [0.25, 0.3) is 6.08 Å². The van der Waals surface area contributed by atoms with Gasteiger partial charge in [0.05, 0.1) is 13.6 Å². The third-order valence-electron chi connectivity index (χ3n) is 3.92. The second-order valence-corrected chi connectivity index (χ2v) is 7.90. The van der Waals surface area contributed by atoms with Gasteiger partial charge in [0.1, 0.15) is 18.1 Å². The lowest BCUT2D eigenvalue weighted by atomic mass is 10.2. The van der Waals surface area contributed by atoms with E-state index in [1.54, 1.807) is 18.2 Å². The fourth-order valence-electron chi connectivity index (χ4n) is 2.55. The van der Waals surface area contributed by atoms with E-state index in [0.717, 1.165) is 19.6 Å². The molecule has 0 saturated carbocycles. The lowest BCUT2D eigenvalue weighted by molar-refractivity contribution is -0.122. The first kappa shape index (κ1) is 20.7. The molecule has 5 nitrogen and oxygen atoms in total. The first-order valence-electron chi connectivity index (χ1n) is 8.20. The van der Waals surface area contributed by atoms with Crippen molar-refractivity contribution in [2.24, 2.45) is 0 Å². The van der Waals surface area contributed by atoms with Crippen LogP contribution in [0.2, 0.25) is 10.0 Å².